The second-order valence-electron chi connectivity index (χ2n) is 4.80. The second kappa shape index (κ2) is 5.21. The summed E-state index contributed by atoms with van der Waals surface area (Å²) in [4.78, 5) is 8.79. The van der Waals surface area contributed by atoms with E-state index in [2.05, 4.69) is 63.3 Å². The standard InChI is InChI=1S/C16H14BrN3/c1-10-3-4-13(7-11(10)2)20-14-5-6-18-15-8-12(17)9-19-16(14)15/h3-9H,1-2H3,(H,18,20). The quantitative estimate of drug-likeness (QED) is 0.737. The summed E-state index contributed by atoms with van der Waals surface area (Å²) in [7, 11) is 0. The average Bonchev–Trinajstić information content (AvgIpc) is 2.43. The molecule has 0 atom stereocenters. The molecule has 3 nitrogen and oxygen atoms in total. The summed E-state index contributed by atoms with van der Waals surface area (Å²) in [5.41, 5.74) is 6.32. The number of pyridine rings is 2. The minimum atomic E-state index is 0.869. The third-order valence-electron chi connectivity index (χ3n) is 3.33. The number of benzene rings is 1. The number of halogens is 1. The number of nitrogens with zero attached hydrogens (tertiary/aromatic N) is 2. The van der Waals surface area contributed by atoms with Gasteiger partial charge in [-0.15, -0.1) is 0 Å². The lowest BCUT2D eigenvalue weighted by atomic mass is 10.1. The maximum atomic E-state index is 4.44. The molecule has 2 aromatic heterocycles. The molecule has 3 rings (SSSR count). The molecule has 4 heteroatoms. The van der Waals surface area contributed by atoms with Crippen molar-refractivity contribution in [1.82, 2.24) is 9.97 Å². The van der Waals surface area contributed by atoms with Gasteiger partial charge in [-0.05, 0) is 65.2 Å². The molecule has 0 aliphatic heterocycles. The molecule has 1 aromatic carbocycles. The molecular formula is C16H14BrN3. The van der Waals surface area contributed by atoms with E-state index in [1.165, 1.54) is 11.1 Å². The molecule has 0 aliphatic rings. The van der Waals surface area contributed by atoms with Crippen molar-refractivity contribution < 1.29 is 0 Å². The van der Waals surface area contributed by atoms with Crippen LogP contribution in [0.5, 0.6) is 0 Å². The van der Waals surface area contributed by atoms with E-state index in [0.717, 1.165) is 26.9 Å². The zero-order chi connectivity index (χ0) is 14.1. The highest BCUT2D eigenvalue weighted by molar-refractivity contribution is 9.10. The van der Waals surface area contributed by atoms with Gasteiger partial charge in [-0.3, -0.25) is 9.97 Å². The van der Waals surface area contributed by atoms with Crippen LogP contribution in [0.1, 0.15) is 11.1 Å². The summed E-state index contributed by atoms with van der Waals surface area (Å²) in [6, 6.07) is 10.2. The van der Waals surface area contributed by atoms with Gasteiger partial charge in [0.05, 0.1) is 11.2 Å². The maximum absolute atomic E-state index is 4.44. The van der Waals surface area contributed by atoms with Crippen molar-refractivity contribution in [2.24, 2.45) is 0 Å². The van der Waals surface area contributed by atoms with Crippen LogP contribution in [0.4, 0.5) is 11.4 Å². The third-order valence-corrected chi connectivity index (χ3v) is 3.76. The van der Waals surface area contributed by atoms with Crippen molar-refractivity contribution in [3.05, 3.63) is 58.3 Å². The zero-order valence-electron chi connectivity index (χ0n) is 11.3. The first-order valence-corrected chi connectivity index (χ1v) is 7.17. The van der Waals surface area contributed by atoms with Gasteiger partial charge in [0.1, 0.15) is 5.52 Å². The van der Waals surface area contributed by atoms with Gasteiger partial charge < -0.3 is 5.32 Å². The molecule has 100 valence electrons. The number of hydrogen-bond acceptors (Lipinski definition) is 3. The molecule has 0 unspecified atom stereocenters. The monoisotopic (exact) mass is 327 g/mol. The van der Waals surface area contributed by atoms with Gasteiger partial charge in [0.25, 0.3) is 0 Å². The van der Waals surface area contributed by atoms with E-state index < -0.39 is 0 Å². The molecule has 20 heavy (non-hydrogen) atoms. The third kappa shape index (κ3) is 2.51. The van der Waals surface area contributed by atoms with E-state index >= 15 is 0 Å². The number of nitrogens with one attached hydrogen (secondary N) is 1. The summed E-state index contributed by atoms with van der Waals surface area (Å²) in [6.45, 7) is 4.22. The highest BCUT2D eigenvalue weighted by atomic mass is 79.9. The van der Waals surface area contributed by atoms with Crippen molar-refractivity contribution in [3.8, 4) is 0 Å². The first-order chi connectivity index (χ1) is 9.63. The van der Waals surface area contributed by atoms with Crippen molar-refractivity contribution in [3.63, 3.8) is 0 Å². The summed E-state index contributed by atoms with van der Waals surface area (Å²) in [5.74, 6) is 0. The first kappa shape index (κ1) is 13.1. The lowest BCUT2D eigenvalue weighted by Crippen LogP contribution is -1.95. The van der Waals surface area contributed by atoms with Gasteiger partial charge in [-0.1, -0.05) is 6.07 Å². The summed E-state index contributed by atoms with van der Waals surface area (Å²) in [6.07, 6.45) is 3.58. The number of fused-ring (bicyclic) bond motifs is 1. The highest BCUT2D eigenvalue weighted by Gasteiger charge is 2.05. The van der Waals surface area contributed by atoms with E-state index in [4.69, 9.17) is 0 Å². The number of aromatic nitrogens is 2. The van der Waals surface area contributed by atoms with Gasteiger partial charge >= 0.3 is 0 Å². The fraction of sp³-hybridized carbons (Fsp3) is 0.125. The molecular weight excluding hydrogens is 314 g/mol. The van der Waals surface area contributed by atoms with Crippen molar-refractivity contribution in [1.29, 1.82) is 0 Å². The predicted molar refractivity (Wildman–Crippen MR) is 86.4 cm³/mol. The summed E-state index contributed by atoms with van der Waals surface area (Å²) < 4.78 is 0.931. The smallest absolute Gasteiger partial charge is 0.112 e. The molecule has 0 bridgehead atoms. The molecule has 2 heterocycles. The Morgan fingerprint density at radius 3 is 2.65 bits per heavy atom. The lowest BCUT2D eigenvalue weighted by Gasteiger charge is -2.10. The van der Waals surface area contributed by atoms with Crippen LogP contribution in [-0.4, -0.2) is 9.97 Å². The molecule has 0 fully saturated rings. The second-order valence-corrected chi connectivity index (χ2v) is 5.72. The first-order valence-electron chi connectivity index (χ1n) is 6.38. The van der Waals surface area contributed by atoms with Crippen LogP contribution in [0.15, 0.2) is 47.2 Å². The lowest BCUT2D eigenvalue weighted by molar-refractivity contribution is 1.31. The normalized spacial score (nSPS) is 10.8. The Morgan fingerprint density at radius 1 is 1.00 bits per heavy atom. The molecule has 0 radical (unpaired) electrons. The molecule has 0 amide bonds. The zero-order valence-corrected chi connectivity index (χ0v) is 12.9. The van der Waals surface area contributed by atoms with E-state index in [9.17, 15) is 0 Å². The fourth-order valence-electron chi connectivity index (χ4n) is 2.08. The largest absolute Gasteiger partial charge is 0.354 e. The molecule has 1 N–H and O–H groups in total. The SMILES string of the molecule is Cc1ccc(Nc2ccnc3cc(Br)cnc23)cc1C. The van der Waals surface area contributed by atoms with E-state index in [0.29, 0.717) is 0 Å². The molecule has 3 aromatic rings. The number of hydrogen-bond donors (Lipinski definition) is 1. The number of aryl methyl sites for hydroxylation is 2. The maximum Gasteiger partial charge on any atom is 0.112 e. The Labute approximate surface area is 126 Å². The van der Waals surface area contributed by atoms with E-state index in [1.807, 2.05) is 12.1 Å². The van der Waals surface area contributed by atoms with Crippen LogP contribution >= 0.6 is 15.9 Å². The minimum absolute atomic E-state index is 0.869. The van der Waals surface area contributed by atoms with Crippen LogP contribution < -0.4 is 5.32 Å². The summed E-state index contributed by atoms with van der Waals surface area (Å²) in [5, 5.41) is 3.42. The average molecular weight is 328 g/mol. The van der Waals surface area contributed by atoms with Gasteiger partial charge in [0.15, 0.2) is 0 Å². The van der Waals surface area contributed by atoms with E-state index in [-0.39, 0.29) is 0 Å². The van der Waals surface area contributed by atoms with Gasteiger partial charge in [-0.25, -0.2) is 0 Å². The topological polar surface area (TPSA) is 37.8 Å². The van der Waals surface area contributed by atoms with Gasteiger partial charge in [0, 0.05) is 22.6 Å². The van der Waals surface area contributed by atoms with Crippen molar-refractivity contribution in [2.45, 2.75) is 13.8 Å². The van der Waals surface area contributed by atoms with Crippen LogP contribution in [0.25, 0.3) is 11.0 Å². The molecule has 0 aliphatic carbocycles. The Balaban J connectivity index is 2.04. The Kier molecular flexibility index (Phi) is 3.40. The number of anilines is 2. The van der Waals surface area contributed by atoms with Gasteiger partial charge in [-0.2, -0.15) is 0 Å². The fourth-order valence-corrected chi connectivity index (χ4v) is 2.40. The number of rotatable bonds is 2. The molecule has 0 spiro atoms. The van der Waals surface area contributed by atoms with Crippen molar-refractivity contribution in [2.75, 3.05) is 5.32 Å². The van der Waals surface area contributed by atoms with Crippen molar-refractivity contribution >= 4 is 38.3 Å². The van der Waals surface area contributed by atoms with E-state index in [1.54, 1.807) is 12.4 Å². The highest BCUT2D eigenvalue weighted by Crippen LogP contribution is 2.26. The van der Waals surface area contributed by atoms with Crippen LogP contribution in [-0.2, 0) is 0 Å². The van der Waals surface area contributed by atoms with Crippen LogP contribution in [0.2, 0.25) is 0 Å². The Bertz CT molecular complexity index is 784. The minimum Gasteiger partial charge on any atom is -0.354 e. The summed E-state index contributed by atoms with van der Waals surface area (Å²) >= 11 is 3.42. The van der Waals surface area contributed by atoms with Gasteiger partial charge in [0.2, 0.25) is 0 Å². The Morgan fingerprint density at radius 2 is 1.85 bits per heavy atom. The molecule has 0 saturated heterocycles. The molecule has 0 saturated carbocycles. The Hall–Kier alpha value is -1.94. The predicted octanol–water partition coefficient (Wildman–Crippen LogP) is 4.75. The van der Waals surface area contributed by atoms with Crippen LogP contribution in [0, 0.1) is 13.8 Å². The van der Waals surface area contributed by atoms with Crippen LogP contribution in [0.3, 0.4) is 0 Å².